The molecule has 0 spiro atoms. The van der Waals surface area contributed by atoms with Gasteiger partial charge in [-0.05, 0) is 66.1 Å². The molecular formula is C28H17F3N4OS. The molecule has 3 heterocycles. The number of hydrogen-bond donors (Lipinski definition) is 1. The van der Waals surface area contributed by atoms with Crippen LogP contribution in [-0.4, -0.2) is 15.9 Å². The molecular weight excluding hydrogens is 497 g/mol. The average molecular weight is 515 g/mol. The third kappa shape index (κ3) is 4.79. The Morgan fingerprint density at radius 3 is 2.54 bits per heavy atom. The summed E-state index contributed by atoms with van der Waals surface area (Å²) in [4.78, 5) is 22.3. The summed E-state index contributed by atoms with van der Waals surface area (Å²) < 4.78 is 40.7. The Morgan fingerprint density at radius 1 is 1.03 bits per heavy atom. The fourth-order valence-corrected chi connectivity index (χ4v) is 5.22. The molecule has 182 valence electrons. The Labute approximate surface area is 213 Å². The van der Waals surface area contributed by atoms with Gasteiger partial charge in [-0.25, -0.2) is 0 Å². The number of carbonyl (C=O) groups excluding carboxylic acids is 1. The number of rotatable bonds is 4. The quantitative estimate of drug-likeness (QED) is 0.270. The van der Waals surface area contributed by atoms with Crippen LogP contribution < -0.4 is 5.32 Å². The Balaban J connectivity index is 1.53. The van der Waals surface area contributed by atoms with E-state index in [2.05, 4.69) is 21.4 Å². The number of nitrogens with zero attached hydrogens (tertiary/aromatic N) is 3. The topological polar surface area (TPSA) is 78.7 Å². The van der Waals surface area contributed by atoms with Gasteiger partial charge in [0, 0.05) is 40.3 Å². The highest BCUT2D eigenvalue weighted by atomic mass is 32.1. The highest BCUT2D eigenvalue weighted by Gasteiger charge is 2.33. The molecule has 3 aromatic heterocycles. The largest absolute Gasteiger partial charge is 0.416 e. The van der Waals surface area contributed by atoms with Crippen LogP contribution in [0.4, 0.5) is 18.9 Å². The highest BCUT2D eigenvalue weighted by Crippen LogP contribution is 2.40. The lowest BCUT2D eigenvalue weighted by atomic mass is 10.0. The van der Waals surface area contributed by atoms with Gasteiger partial charge >= 0.3 is 6.18 Å². The second kappa shape index (κ2) is 9.48. The van der Waals surface area contributed by atoms with Crippen molar-refractivity contribution in [2.45, 2.75) is 13.1 Å². The molecule has 1 N–H and O–H groups in total. The number of carbonyl (C=O) groups is 1. The first-order chi connectivity index (χ1) is 17.7. The van der Waals surface area contributed by atoms with Gasteiger partial charge in [-0.15, -0.1) is 11.3 Å². The number of nitriles is 1. The number of nitrogens with one attached hydrogen (secondary N) is 1. The Morgan fingerprint density at radius 2 is 1.81 bits per heavy atom. The minimum atomic E-state index is -4.56. The molecule has 5 rings (SSSR count). The number of anilines is 1. The van der Waals surface area contributed by atoms with Crippen molar-refractivity contribution in [3.63, 3.8) is 0 Å². The molecule has 0 saturated heterocycles. The first kappa shape index (κ1) is 24.2. The maximum absolute atomic E-state index is 13.3. The third-order valence-corrected chi connectivity index (χ3v) is 7.03. The summed E-state index contributed by atoms with van der Waals surface area (Å²) in [5, 5.41) is 12.5. The molecule has 37 heavy (non-hydrogen) atoms. The lowest BCUT2D eigenvalue weighted by molar-refractivity contribution is -0.138. The van der Waals surface area contributed by atoms with Crippen LogP contribution in [0.3, 0.4) is 0 Å². The number of aromatic nitrogens is 2. The number of amides is 1. The molecule has 0 atom stereocenters. The van der Waals surface area contributed by atoms with Crippen molar-refractivity contribution >= 4 is 33.1 Å². The molecule has 1 amide bonds. The fourth-order valence-electron chi connectivity index (χ4n) is 4.03. The van der Waals surface area contributed by atoms with E-state index < -0.39 is 17.6 Å². The highest BCUT2D eigenvalue weighted by molar-refractivity contribution is 7.22. The van der Waals surface area contributed by atoms with Gasteiger partial charge in [0.2, 0.25) is 0 Å². The van der Waals surface area contributed by atoms with E-state index >= 15 is 0 Å². The van der Waals surface area contributed by atoms with E-state index in [9.17, 15) is 23.2 Å². The van der Waals surface area contributed by atoms with Gasteiger partial charge in [0.15, 0.2) is 0 Å². The van der Waals surface area contributed by atoms with E-state index in [0.29, 0.717) is 22.4 Å². The Kier molecular flexibility index (Phi) is 6.19. The molecule has 5 nitrogen and oxygen atoms in total. The van der Waals surface area contributed by atoms with E-state index in [-0.39, 0.29) is 11.1 Å². The van der Waals surface area contributed by atoms with Gasteiger partial charge < -0.3 is 5.32 Å². The number of alkyl halides is 3. The first-order valence-corrected chi connectivity index (χ1v) is 11.9. The minimum absolute atomic E-state index is 0.0406. The number of halogens is 3. The molecule has 0 aliphatic rings. The molecule has 0 fully saturated rings. The molecule has 0 aliphatic carbocycles. The van der Waals surface area contributed by atoms with E-state index in [4.69, 9.17) is 0 Å². The number of aryl methyl sites for hydroxylation is 1. The smallest absolute Gasteiger partial charge is 0.322 e. The predicted octanol–water partition coefficient (Wildman–Crippen LogP) is 7.48. The number of pyridine rings is 2. The predicted molar refractivity (Wildman–Crippen MR) is 137 cm³/mol. The summed E-state index contributed by atoms with van der Waals surface area (Å²) in [7, 11) is 0. The standard InChI is InChI=1S/C28H17F3N4OS/c1-16-5-6-19(12-22(16)28(29,30)31)27(36)35-21-4-2-3-18(11-21)25-20(14-32)15-34-23-13-24(37-26(23)25)17-7-9-33-10-8-17/h2-13,15H,1H3,(H,35,36). The third-order valence-electron chi connectivity index (χ3n) is 5.84. The van der Waals surface area contributed by atoms with E-state index in [0.717, 1.165) is 26.7 Å². The summed E-state index contributed by atoms with van der Waals surface area (Å²) >= 11 is 1.49. The minimum Gasteiger partial charge on any atom is -0.322 e. The van der Waals surface area contributed by atoms with Crippen LogP contribution in [0.25, 0.3) is 31.8 Å². The summed E-state index contributed by atoms with van der Waals surface area (Å²) in [5.74, 6) is -0.667. The molecule has 0 aliphatic heterocycles. The zero-order chi connectivity index (χ0) is 26.2. The van der Waals surface area contributed by atoms with Crippen LogP contribution in [0.1, 0.15) is 27.0 Å². The van der Waals surface area contributed by atoms with Crippen molar-refractivity contribution < 1.29 is 18.0 Å². The summed E-state index contributed by atoms with van der Waals surface area (Å²) in [6.07, 6.45) is 0.354. The lowest BCUT2D eigenvalue weighted by Gasteiger charge is -2.13. The lowest BCUT2D eigenvalue weighted by Crippen LogP contribution is -2.15. The fraction of sp³-hybridized carbons (Fsp3) is 0.0714. The molecule has 5 aromatic rings. The summed E-state index contributed by atoms with van der Waals surface area (Å²) in [5.41, 5.74) is 2.87. The van der Waals surface area contributed by atoms with E-state index in [1.54, 1.807) is 30.6 Å². The van der Waals surface area contributed by atoms with Crippen molar-refractivity contribution in [3.8, 4) is 27.6 Å². The van der Waals surface area contributed by atoms with Gasteiger partial charge in [0.25, 0.3) is 5.91 Å². The Bertz CT molecular complexity index is 1690. The van der Waals surface area contributed by atoms with Crippen LogP contribution in [-0.2, 0) is 6.18 Å². The van der Waals surface area contributed by atoms with E-state index in [1.807, 2.05) is 24.3 Å². The second-order valence-corrected chi connectivity index (χ2v) is 9.33. The van der Waals surface area contributed by atoms with Crippen LogP contribution in [0.2, 0.25) is 0 Å². The summed E-state index contributed by atoms with van der Waals surface area (Å²) in [6, 6.07) is 18.3. The molecule has 0 unspecified atom stereocenters. The molecule has 0 bridgehead atoms. The number of thiophene rings is 1. The van der Waals surface area contributed by atoms with Gasteiger partial charge in [0.05, 0.1) is 21.3 Å². The SMILES string of the molecule is Cc1ccc(C(=O)Nc2cccc(-c3c(C#N)cnc4cc(-c5ccncc5)sc34)c2)cc1C(F)(F)F. The molecule has 9 heteroatoms. The summed E-state index contributed by atoms with van der Waals surface area (Å²) in [6.45, 7) is 1.35. The second-order valence-electron chi connectivity index (χ2n) is 8.28. The van der Waals surface area contributed by atoms with E-state index in [1.165, 1.54) is 36.6 Å². The van der Waals surface area contributed by atoms with Gasteiger partial charge in [0.1, 0.15) is 6.07 Å². The zero-order valence-corrected chi connectivity index (χ0v) is 20.1. The van der Waals surface area contributed by atoms with Gasteiger partial charge in [-0.3, -0.25) is 14.8 Å². The monoisotopic (exact) mass is 514 g/mol. The normalized spacial score (nSPS) is 11.3. The molecule has 2 aromatic carbocycles. The van der Waals surface area contributed by atoms with Gasteiger partial charge in [-0.1, -0.05) is 18.2 Å². The van der Waals surface area contributed by atoms with Crippen molar-refractivity contribution in [3.05, 3.63) is 102 Å². The van der Waals surface area contributed by atoms with Crippen molar-refractivity contribution in [2.24, 2.45) is 0 Å². The van der Waals surface area contributed by atoms with Gasteiger partial charge in [-0.2, -0.15) is 18.4 Å². The molecule has 0 saturated carbocycles. The maximum atomic E-state index is 13.3. The molecule has 0 radical (unpaired) electrons. The van der Waals surface area contributed by atoms with Crippen molar-refractivity contribution in [1.82, 2.24) is 9.97 Å². The van der Waals surface area contributed by atoms with Crippen LogP contribution in [0.15, 0.2) is 79.3 Å². The van der Waals surface area contributed by atoms with Crippen molar-refractivity contribution in [2.75, 3.05) is 5.32 Å². The average Bonchev–Trinajstić information content (AvgIpc) is 3.32. The number of hydrogen-bond acceptors (Lipinski definition) is 5. The van der Waals surface area contributed by atoms with Crippen LogP contribution in [0.5, 0.6) is 0 Å². The van der Waals surface area contributed by atoms with Crippen LogP contribution >= 0.6 is 11.3 Å². The number of benzene rings is 2. The zero-order valence-electron chi connectivity index (χ0n) is 19.3. The van der Waals surface area contributed by atoms with Crippen LogP contribution in [0, 0.1) is 18.3 Å². The van der Waals surface area contributed by atoms with Crippen molar-refractivity contribution in [1.29, 1.82) is 5.26 Å². The Hall–Kier alpha value is -4.55. The maximum Gasteiger partial charge on any atom is 0.416 e. The first-order valence-electron chi connectivity index (χ1n) is 11.1. The number of fused-ring (bicyclic) bond motifs is 1.